The van der Waals surface area contributed by atoms with Gasteiger partial charge in [0.15, 0.2) is 17.3 Å². The van der Waals surface area contributed by atoms with Crippen molar-refractivity contribution in [3.8, 4) is 17.2 Å². The van der Waals surface area contributed by atoms with Crippen LogP contribution in [0.2, 0.25) is 5.02 Å². The van der Waals surface area contributed by atoms with Crippen LogP contribution in [0.15, 0.2) is 30.3 Å². The number of amides is 1. The molecule has 2 aromatic carbocycles. The molecule has 0 fully saturated rings. The van der Waals surface area contributed by atoms with E-state index in [9.17, 15) is 19.5 Å². The quantitative estimate of drug-likeness (QED) is 0.594. The Balaban J connectivity index is 2.14. The van der Waals surface area contributed by atoms with Crippen LogP contribution in [0.3, 0.4) is 0 Å². The van der Waals surface area contributed by atoms with E-state index in [0.29, 0.717) is 10.8 Å². The number of carboxylic acids is 1. The highest BCUT2D eigenvalue weighted by molar-refractivity contribution is 6.31. The largest absolute Gasteiger partial charge is 0.496 e. The molecule has 154 valence electrons. The van der Waals surface area contributed by atoms with Gasteiger partial charge in [0.1, 0.15) is 5.75 Å². The number of ketones is 1. The third-order valence-electron chi connectivity index (χ3n) is 4.07. The van der Waals surface area contributed by atoms with Crippen molar-refractivity contribution < 1.29 is 33.7 Å². The van der Waals surface area contributed by atoms with E-state index < -0.39 is 11.9 Å². The average molecular weight is 422 g/mol. The van der Waals surface area contributed by atoms with Gasteiger partial charge < -0.3 is 24.6 Å². The molecule has 0 saturated carbocycles. The Labute approximate surface area is 172 Å². The summed E-state index contributed by atoms with van der Waals surface area (Å²) < 4.78 is 15.4. The standard InChI is InChI=1S/C20H20ClNO7/c1-27-16-6-4-11(21)8-13(16)15(23)5-7-19(24)22-14-10-18(29-3)17(28-2)9-12(14)20(25)26/h4,6,8-10H,5,7H2,1-3H3,(H,22,24)(H,25,26). The van der Waals surface area contributed by atoms with E-state index in [-0.39, 0.29) is 46.9 Å². The smallest absolute Gasteiger partial charge is 0.337 e. The summed E-state index contributed by atoms with van der Waals surface area (Å²) in [6.07, 6.45) is -0.278. The minimum Gasteiger partial charge on any atom is -0.496 e. The van der Waals surface area contributed by atoms with Gasteiger partial charge in [-0.25, -0.2) is 4.79 Å². The zero-order valence-electron chi connectivity index (χ0n) is 16.1. The van der Waals surface area contributed by atoms with Crippen LogP contribution in [0.4, 0.5) is 5.69 Å². The SMILES string of the molecule is COc1cc(NC(=O)CCC(=O)c2cc(Cl)ccc2OC)c(C(=O)O)cc1OC. The fraction of sp³-hybridized carbons (Fsp3) is 0.250. The van der Waals surface area contributed by atoms with Crippen LogP contribution in [0.25, 0.3) is 0 Å². The Morgan fingerprint density at radius 1 is 0.897 bits per heavy atom. The summed E-state index contributed by atoms with van der Waals surface area (Å²) in [6, 6.07) is 7.23. The van der Waals surface area contributed by atoms with Gasteiger partial charge in [-0.2, -0.15) is 0 Å². The van der Waals surface area contributed by atoms with Gasteiger partial charge in [0.25, 0.3) is 0 Å². The molecule has 0 heterocycles. The maximum atomic E-state index is 12.4. The van der Waals surface area contributed by atoms with Crippen LogP contribution in [0.1, 0.15) is 33.6 Å². The maximum absolute atomic E-state index is 12.4. The summed E-state index contributed by atoms with van der Waals surface area (Å²) in [5.41, 5.74) is 0.136. The predicted molar refractivity (Wildman–Crippen MR) is 107 cm³/mol. The van der Waals surface area contributed by atoms with E-state index in [0.717, 1.165) is 0 Å². The molecule has 8 nitrogen and oxygen atoms in total. The van der Waals surface area contributed by atoms with Gasteiger partial charge in [-0.15, -0.1) is 0 Å². The van der Waals surface area contributed by atoms with Gasteiger partial charge in [0, 0.05) is 30.0 Å². The number of methoxy groups -OCH3 is 3. The Bertz CT molecular complexity index is 943. The molecule has 1 amide bonds. The Hall–Kier alpha value is -3.26. The maximum Gasteiger partial charge on any atom is 0.337 e. The molecule has 9 heteroatoms. The third kappa shape index (κ3) is 5.39. The number of hydrogen-bond acceptors (Lipinski definition) is 6. The number of hydrogen-bond donors (Lipinski definition) is 2. The Kier molecular flexibility index (Phi) is 7.44. The van der Waals surface area contributed by atoms with Crippen molar-refractivity contribution in [3.05, 3.63) is 46.5 Å². The number of carbonyl (C=O) groups is 3. The van der Waals surface area contributed by atoms with Crippen molar-refractivity contribution in [2.75, 3.05) is 26.6 Å². The highest BCUT2D eigenvalue weighted by Gasteiger charge is 2.19. The molecule has 0 bridgehead atoms. The number of benzene rings is 2. The van der Waals surface area contributed by atoms with Crippen LogP contribution in [0, 0.1) is 0 Å². The van der Waals surface area contributed by atoms with Crippen molar-refractivity contribution >= 4 is 34.9 Å². The Morgan fingerprint density at radius 3 is 2.10 bits per heavy atom. The third-order valence-corrected chi connectivity index (χ3v) is 4.30. The number of rotatable bonds is 9. The van der Waals surface area contributed by atoms with Gasteiger partial charge in [0.05, 0.1) is 38.1 Å². The van der Waals surface area contributed by atoms with Crippen LogP contribution < -0.4 is 19.5 Å². The number of aromatic carboxylic acids is 1. The lowest BCUT2D eigenvalue weighted by Gasteiger charge is -2.14. The molecular weight excluding hydrogens is 402 g/mol. The summed E-state index contributed by atoms with van der Waals surface area (Å²) in [7, 11) is 4.19. The number of Topliss-reactive ketones (excluding diaryl/α,β-unsaturated/α-hetero) is 1. The number of nitrogens with one attached hydrogen (secondary N) is 1. The molecule has 0 aromatic heterocycles. The van der Waals surface area contributed by atoms with Gasteiger partial charge in [0.2, 0.25) is 5.91 Å². The first-order valence-electron chi connectivity index (χ1n) is 8.46. The fourth-order valence-corrected chi connectivity index (χ4v) is 2.80. The second-order valence-electron chi connectivity index (χ2n) is 5.87. The van der Waals surface area contributed by atoms with E-state index >= 15 is 0 Å². The van der Waals surface area contributed by atoms with E-state index in [1.807, 2.05) is 0 Å². The van der Waals surface area contributed by atoms with Crippen molar-refractivity contribution in [2.24, 2.45) is 0 Å². The first-order valence-corrected chi connectivity index (χ1v) is 8.84. The first kappa shape index (κ1) is 22.0. The van der Waals surface area contributed by atoms with Crippen LogP contribution in [-0.2, 0) is 4.79 Å². The van der Waals surface area contributed by atoms with E-state index in [1.54, 1.807) is 12.1 Å². The molecule has 2 aromatic rings. The predicted octanol–water partition coefficient (Wildman–Crippen LogP) is 3.67. The summed E-state index contributed by atoms with van der Waals surface area (Å²) in [4.78, 5) is 36.3. The number of ether oxygens (including phenoxy) is 3. The van der Waals surface area contributed by atoms with E-state index in [1.165, 1.54) is 39.5 Å². The fourth-order valence-electron chi connectivity index (χ4n) is 2.63. The molecule has 0 radical (unpaired) electrons. The molecule has 2 rings (SSSR count). The number of carboxylic acid groups (broad SMARTS) is 1. The molecule has 0 unspecified atom stereocenters. The minimum absolute atomic E-state index is 0.0351. The molecule has 0 saturated heterocycles. The van der Waals surface area contributed by atoms with Crippen LogP contribution >= 0.6 is 11.6 Å². The molecule has 0 aliphatic rings. The van der Waals surface area contributed by atoms with E-state index in [2.05, 4.69) is 5.32 Å². The Morgan fingerprint density at radius 2 is 1.52 bits per heavy atom. The number of carbonyl (C=O) groups excluding carboxylic acids is 2. The lowest BCUT2D eigenvalue weighted by Crippen LogP contribution is -2.16. The minimum atomic E-state index is -1.25. The summed E-state index contributed by atoms with van der Waals surface area (Å²) in [5.74, 6) is -1.29. The second kappa shape index (κ2) is 9.79. The topological polar surface area (TPSA) is 111 Å². The summed E-state index contributed by atoms with van der Waals surface area (Å²) in [6.45, 7) is 0. The number of anilines is 1. The summed E-state index contributed by atoms with van der Waals surface area (Å²) in [5, 5.41) is 12.3. The van der Waals surface area contributed by atoms with Crippen molar-refractivity contribution in [1.29, 1.82) is 0 Å². The molecule has 0 atom stereocenters. The monoisotopic (exact) mass is 421 g/mol. The van der Waals surface area contributed by atoms with Crippen LogP contribution in [-0.4, -0.2) is 44.1 Å². The van der Waals surface area contributed by atoms with E-state index in [4.69, 9.17) is 25.8 Å². The molecule has 0 aliphatic carbocycles. The molecule has 0 spiro atoms. The number of halogens is 1. The molecule has 0 aliphatic heterocycles. The second-order valence-corrected chi connectivity index (χ2v) is 6.31. The van der Waals surface area contributed by atoms with Gasteiger partial charge >= 0.3 is 5.97 Å². The molecule has 2 N–H and O–H groups in total. The zero-order chi connectivity index (χ0) is 21.6. The van der Waals surface area contributed by atoms with Gasteiger partial charge in [-0.3, -0.25) is 9.59 Å². The van der Waals surface area contributed by atoms with Crippen molar-refractivity contribution in [3.63, 3.8) is 0 Å². The lowest BCUT2D eigenvalue weighted by molar-refractivity contribution is -0.116. The van der Waals surface area contributed by atoms with Crippen LogP contribution in [0.5, 0.6) is 17.2 Å². The first-order chi connectivity index (χ1) is 13.8. The lowest BCUT2D eigenvalue weighted by atomic mass is 10.0. The van der Waals surface area contributed by atoms with Crippen molar-refractivity contribution in [2.45, 2.75) is 12.8 Å². The highest BCUT2D eigenvalue weighted by Crippen LogP contribution is 2.33. The molecular formula is C20H20ClNO7. The average Bonchev–Trinajstić information content (AvgIpc) is 2.71. The van der Waals surface area contributed by atoms with Gasteiger partial charge in [-0.1, -0.05) is 11.6 Å². The van der Waals surface area contributed by atoms with Crippen molar-refractivity contribution in [1.82, 2.24) is 0 Å². The van der Waals surface area contributed by atoms with Gasteiger partial charge in [-0.05, 0) is 18.2 Å². The zero-order valence-corrected chi connectivity index (χ0v) is 16.8. The summed E-state index contributed by atoms with van der Waals surface area (Å²) >= 11 is 5.92. The normalized spacial score (nSPS) is 10.2. The highest BCUT2D eigenvalue weighted by atomic mass is 35.5. The molecule has 29 heavy (non-hydrogen) atoms.